The molecule has 0 bridgehead atoms. The maximum Gasteiger partial charge on any atom is 0.272 e. The smallest absolute Gasteiger partial charge is 0.272 e. The quantitative estimate of drug-likeness (QED) is 0.880. The van der Waals surface area contributed by atoms with Crippen LogP contribution in [0.5, 0.6) is 0 Å². The summed E-state index contributed by atoms with van der Waals surface area (Å²) in [6.07, 6.45) is 1.77. The van der Waals surface area contributed by atoms with Crippen molar-refractivity contribution in [2.24, 2.45) is 0 Å². The largest absolute Gasteiger partial charge is 0.352 e. The Morgan fingerprint density at radius 1 is 1.27 bits per heavy atom. The second kappa shape index (κ2) is 6.99. The highest BCUT2D eigenvalue weighted by atomic mass is 32.2. The van der Waals surface area contributed by atoms with Crippen LogP contribution in [0.2, 0.25) is 0 Å². The highest BCUT2D eigenvalue weighted by Crippen LogP contribution is 2.21. The van der Waals surface area contributed by atoms with E-state index in [-0.39, 0.29) is 34.8 Å². The number of rotatable bonds is 4. The zero-order valence-corrected chi connectivity index (χ0v) is 14.8. The number of hydrogen-bond donors (Lipinski definition) is 1. The van der Waals surface area contributed by atoms with Crippen LogP contribution in [0.1, 0.15) is 16.9 Å². The summed E-state index contributed by atoms with van der Waals surface area (Å²) in [6, 6.07) is 5.80. The van der Waals surface area contributed by atoms with Gasteiger partial charge < -0.3 is 10.2 Å². The molecule has 1 saturated heterocycles. The number of nitrogens with zero attached hydrogens (tertiary/aromatic N) is 2. The third kappa shape index (κ3) is 3.98. The van der Waals surface area contributed by atoms with Crippen LogP contribution in [0.25, 0.3) is 0 Å². The standard InChI is InChI=1S/C17H17F2N3O3S/c1-22(13-6-7-26(24,25)10-13)17(23)16-5-3-12(9-20-16)21-15-4-2-11(18)8-14(15)19/h2-5,8-9,13,21H,6-7,10H2,1H3. The maximum atomic E-state index is 13.7. The number of halogens is 2. The second-order valence-electron chi connectivity index (χ2n) is 6.15. The van der Waals surface area contributed by atoms with Gasteiger partial charge in [-0.3, -0.25) is 4.79 Å². The number of carbonyl (C=O) groups is 1. The van der Waals surface area contributed by atoms with Crippen LogP contribution >= 0.6 is 0 Å². The molecule has 1 amide bonds. The number of amides is 1. The Kier molecular flexibility index (Phi) is 4.90. The van der Waals surface area contributed by atoms with Gasteiger partial charge in [0.05, 0.1) is 29.1 Å². The van der Waals surface area contributed by atoms with Crippen molar-refractivity contribution in [3.8, 4) is 0 Å². The second-order valence-corrected chi connectivity index (χ2v) is 8.38. The SMILES string of the molecule is CN(C(=O)c1ccc(Nc2ccc(F)cc2F)cn1)C1CCS(=O)(=O)C1. The molecular formula is C17H17F2N3O3S. The summed E-state index contributed by atoms with van der Waals surface area (Å²) in [5, 5.41) is 2.75. The lowest BCUT2D eigenvalue weighted by atomic mass is 10.2. The molecule has 1 fully saturated rings. The van der Waals surface area contributed by atoms with E-state index >= 15 is 0 Å². The first kappa shape index (κ1) is 18.2. The number of aromatic nitrogens is 1. The lowest BCUT2D eigenvalue weighted by molar-refractivity contribution is 0.0742. The van der Waals surface area contributed by atoms with Crippen LogP contribution in [0.3, 0.4) is 0 Å². The van der Waals surface area contributed by atoms with Crippen molar-refractivity contribution in [1.82, 2.24) is 9.88 Å². The fraction of sp³-hybridized carbons (Fsp3) is 0.294. The van der Waals surface area contributed by atoms with Crippen LogP contribution < -0.4 is 5.32 Å². The molecule has 26 heavy (non-hydrogen) atoms. The number of benzene rings is 1. The molecule has 0 saturated carbocycles. The van der Waals surface area contributed by atoms with Gasteiger partial charge in [-0.15, -0.1) is 0 Å². The van der Waals surface area contributed by atoms with E-state index in [9.17, 15) is 22.0 Å². The normalized spacial score (nSPS) is 18.5. The van der Waals surface area contributed by atoms with Crippen LogP contribution in [0.15, 0.2) is 36.5 Å². The van der Waals surface area contributed by atoms with Crippen molar-refractivity contribution in [3.05, 3.63) is 53.9 Å². The summed E-state index contributed by atoms with van der Waals surface area (Å²) in [5.41, 5.74) is 0.667. The maximum absolute atomic E-state index is 13.7. The van der Waals surface area contributed by atoms with E-state index in [0.717, 1.165) is 12.1 Å². The zero-order valence-electron chi connectivity index (χ0n) is 13.9. The van der Waals surface area contributed by atoms with Crippen molar-refractivity contribution in [1.29, 1.82) is 0 Å². The van der Waals surface area contributed by atoms with E-state index in [1.165, 1.54) is 23.2 Å². The van der Waals surface area contributed by atoms with Crippen LogP contribution in [0.4, 0.5) is 20.2 Å². The first-order valence-electron chi connectivity index (χ1n) is 7.91. The van der Waals surface area contributed by atoms with E-state index in [1.54, 1.807) is 13.1 Å². The van der Waals surface area contributed by atoms with Crippen LogP contribution in [-0.2, 0) is 9.84 Å². The van der Waals surface area contributed by atoms with Crippen LogP contribution in [0, 0.1) is 11.6 Å². The predicted molar refractivity (Wildman–Crippen MR) is 93.0 cm³/mol. The van der Waals surface area contributed by atoms with Gasteiger partial charge in [-0.1, -0.05) is 0 Å². The van der Waals surface area contributed by atoms with Gasteiger partial charge in [0.2, 0.25) is 0 Å². The molecule has 0 spiro atoms. The summed E-state index contributed by atoms with van der Waals surface area (Å²) < 4.78 is 49.7. The minimum absolute atomic E-state index is 0.0429. The molecule has 1 unspecified atom stereocenters. The average molecular weight is 381 g/mol. The van der Waals surface area contributed by atoms with Crippen molar-refractivity contribution in [2.45, 2.75) is 12.5 Å². The fourth-order valence-corrected chi connectivity index (χ4v) is 4.54. The number of hydrogen-bond acceptors (Lipinski definition) is 5. The van der Waals surface area contributed by atoms with E-state index in [1.807, 2.05) is 0 Å². The predicted octanol–water partition coefficient (Wildman–Crippen LogP) is 2.36. The van der Waals surface area contributed by atoms with Gasteiger partial charge in [0.15, 0.2) is 9.84 Å². The summed E-state index contributed by atoms with van der Waals surface area (Å²) >= 11 is 0. The number of carbonyl (C=O) groups excluding carboxylic acids is 1. The van der Waals surface area contributed by atoms with Gasteiger partial charge in [0.1, 0.15) is 17.3 Å². The van der Waals surface area contributed by atoms with Gasteiger partial charge in [-0.2, -0.15) is 0 Å². The van der Waals surface area contributed by atoms with Gasteiger partial charge in [-0.25, -0.2) is 22.2 Å². The van der Waals surface area contributed by atoms with Gasteiger partial charge in [0.25, 0.3) is 5.91 Å². The Bertz CT molecular complexity index is 933. The lowest BCUT2D eigenvalue weighted by Gasteiger charge is -2.23. The molecule has 138 valence electrons. The van der Waals surface area contributed by atoms with E-state index in [0.29, 0.717) is 12.1 Å². The monoisotopic (exact) mass is 381 g/mol. The van der Waals surface area contributed by atoms with E-state index in [2.05, 4.69) is 10.3 Å². The topological polar surface area (TPSA) is 79.4 Å². The Hall–Kier alpha value is -2.55. The Morgan fingerprint density at radius 2 is 2.04 bits per heavy atom. The molecule has 1 aromatic carbocycles. The lowest BCUT2D eigenvalue weighted by Crippen LogP contribution is -2.38. The molecule has 0 radical (unpaired) electrons. The fourth-order valence-electron chi connectivity index (χ4n) is 2.77. The molecule has 9 heteroatoms. The Morgan fingerprint density at radius 3 is 2.62 bits per heavy atom. The molecule has 6 nitrogen and oxygen atoms in total. The molecule has 1 aromatic heterocycles. The minimum atomic E-state index is -3.09. The van der Waals surface area contributed by atoms with Crippen molar-refractivity contribution < 1.29 is 22.0 Å². The van der Waals surface area contributed by atoms with Crippen molar-refractivity contribution >= 4 is 27.1 Å². The molecular weight excluding hydrogens is 364 g/mol. The highest BCUT2D eigenvalue weighted by molar-refractivity contribution is 7.91. The molecule has 2 heterocycles. The number of sulfone groups is 1. The van der Waals surface area contributed by atoms with Crippen molar-refractivity contribution in [2.75, 3.05) is 23.9 Å². The highest BCUT2D eigenvalue weighted by Gasteiger charge is 2.33. The summed E-state index contributed by atoms with van der Waals surface area (Å²) in [4.78, 5) is 17.9. The van der Waals surface area contributed by atoms with E-state index < -0.39 is 21.5 Å². The molecule has 3 rings (SSSR count). The van der Waals surface area contributed by atoms with Crippen molar-refractivity contribution in [3.63, 3.8) is 0 Å². The van der Waals surface area contributed by atoms with Gasteiger partial charge in [0, 0.05) is 19.2 Å². The third-order valence-electron chi connectivity index (χ3n) is 4.27. The molecule has 1 atom stereocenters. The Balaban J connectivity index is 1.70. The molecule has 1 aliphatic rings. The summed E-state index contributed by atoms with van der Waals surface area (Å²) in [6.45, 7) is 0. The Labute approximate surface area is 149 Å². The molecule has 1 N–H and O–H groups in total. The molecule has 2 aromatic rings. The zero-order chi connectivity index (χ0) is 18.9. The van der Waals surface area contributed by atoms with E-state index in [4.69, 9.17) is 0 Å². The molecule has 1 aliphatic heterocycles. The summed E-state index contributed by atoms with van der Waals surface area (Å²) in [5.74, 6) is -1.77. The average Bonchev–Trinajstić information content (AvgIpc) is 2.97. The molecule has 0 aliphatic carbocycles. The van der Waals surface area contributed by atoms with Gasteiger partial charge in [-0.05, 0) is 30.7 Å². The number of pyridine rings is 1. The first-order valence-corrected chi connectivity index (χ1v) is 9.73. The number of anilines is 2. The minimum Gasteiger partial charge on any atom is -0.352 e. The summed E-state index contributed by atoms with van der Waals surface area (Å²) in [7, 11) is -1.54. The first-order chi connectivity index (χ1) is 12.2. The van der Waals surface area contributed by atoms with Crippen LogP contribution in [-0.4, -0.2) is 48.8 Å². The van der Waals surface area contributed by atoms with Gasteiger partial charge >= 0.3 is 0 Å². The third-order valence-corrected chi connectivity index (χ3v) is 6.02. The number of nitrogens with one attached hydrogen (secondary N) is 1.